The number of pyridine rings is 1. The second kappa shape index (κ2) is 4.61. The highest BCUT2D eigenvalue weighted by Crippen LogP contribution is 2.21. The number of carboxylic acids is 1. The molecule has 0 atom stereocenters. The average molecular weight is 241 g/mol. The second-order valence-electron chi connectivity index (χ2n) is 4.43. The van der Waals surface area contributed by atoms with Gasteiger partial charge in [0, 0.05) is 5.56 Å². The number of rotatable bonds is 2. The molecule has 18 heavy (non-hydrogen) atoms. The summed E-state index contributed by atoms with van der Waals surface area (Å²) in [6, 6.07) is 9.48. The standard InChI is InChI=1S/C15H15NO2/c1-9-4-5-12(8-10(9)2)14-7-6-13(15(17)18)11(3)16-14/h4-8H,1-3H3,(H,17,18). The molecule has 0 fully saturated rings. The van der Waals surface area contributed by atoms with E-state index >= 15 is 0 Å². The minimum absolute atomic E-state index is 0.252. The summed E-state index contributed by atoms with van der Waals surface area (Å²) in [6.07, 6.45) is 0. The molecule has 2 rings (SSSR count). The quantitative estimate of drug-likeness (QED) is 0.876. The minimum atomic E-state index is -0.938. The Hall–Kier alpha value is -2.16. The van der Waals surface area contributed by atoms with Crippen LogP contribution in [0.25, 0.3) is 11.3 Å². The number of aromatic carboxylic acids is 1. The molecule has 0 bridgehead atoms. The smallest absolute Gasteiger partial charge is 0.337 e. The van der Waals surface area contributed by atoms with Crippen LogP contribution in [0.3, 0.4) is 0 Å². The van der Waals surface area contributed by atoms with Crippen molar-refractivity contribution in [3.05, 3.63) is 52.7 Å². The van der Waals surface area contributed by atoms with Crippen molar-refractivity contribution in [1.29, 1.82) is 0 Å². The van der Waals surface area contributed by atoms with Crippen LogP contribution in [0, 0.1) is 20.8 Å². The normalized spacial score (nSPS) is 10.4. The van der Waals surface area contributed by atoms with Crippen molar-refractivity contribution < 1.29 is 9.90 Å². The summed E-state index contributed by atoms with van der Waals surface area (Å²) in [5.41, 5.74) is 5.05. The van der Waals surface area contributed by atoms with Gasteiger partial charge in [0.2, 0.25) is 0 Å². The maximum atomic E-state index is 10.9. The Balaban J connectivity index is 2.48. The fourth-order valence-corrected chi connectivity index (χ4v) is 1.85. The number of carbonyl (C=O) groups is 1. The van der Waals surface area contributed by atoms with Crippen molar-refractivity contribution in [2.75, 3.05) is 0 Å². The van der Waals surface area contributed by atoms with E-state index in [9.17, 15) is 4.79 Å². The van der Waals surface area contributed by atoms with E-state index in [1.807, 2.05) is 12.1 Å². The Morgan fingerprint density at radius 2 is 1.78 bits per heavy atom. The molecule has 0 saturated carbocycles. The van der Waals surface area contributed by atoms with Crippen molar-refractivity contribution in [3.8, 4) is 11.3 Å². The van der Waals surface area contributed by atoms with Crippen molar-refractivity contribution in [2.24, 2.45) is 0 Å². The lowest BCUT2D eigenvalue weighted by atomic mass is 10.0. The van der Waals surface area contributed by atoms with Gasteiger partial charge in [0.25, 0.3) is 0 Å². The summed E-state index contributed by atoms with van der Waals surface area (Å²) in [5.74, 6) is -0.938. The van der Waals surface area contributed by atoms with Crippen molar-refractivity contribution >= 4 is 5.97 Å². The summed E-state index contributed by atoms with van der Waals surface area (Å²) in [4.78, 5) is 15.3. The Bertz CT molecular complexity index is 618. The summed E-state index contributed by atoms with van der Waals surface area (Å²) in [5, 5.41) is 8.97. The first kappa shape index (κ1) is 12.3. The molecule has 1 heterocycles. The van der Waals surface area contributed by atoms with Gasteiger partial charge in [0.1, 0.15) is 0 Å². The van der Waals surface area contributed by atoms with E-state index in [0.717, 1.165) is 11.3 Å². The van der Waals surface area contributed by atoms with E-state index < -0.39 is 5.97 Å². The van der Waals surface area contributed by atoms with Crippen LogP contribution in [-0.4, -0.2) is 16.1 Å². The van der Waals surface area contributed by atoms with Crippen LogP contribution in [0.5, 0.6) is 0 Å². The molecule has 0 aliphatic heterocycles. The number of aromatic nitrogens is 1. The van der Waals surface area contributed by atoms with Crippen LogP contribution in [0.15, 0.2) is 30.3 Å². The number of carboxylic acid groups (broad SMARTS) is 1. The molecule has 1 aromatic heterocycles. The first-order valence-electron chi connectivity index (χ1n) is 5.77. The van der Waals surface area contributed by atoms with Crippen LogP contribution >= 0.6 is 0 Å². The molecule has 0 aliphatic carbocycles. The monoisotopic (exact) mass is 241 g/mol. The van der Waals surface area contributed by atoms with E-state index in [0.29, 0.717) is 5.69 Å². The predicted octanol–water partition coefficient (Wildman–Crippen LogP) is 3.37. The van der Waals surface area contributed by atoms with Crippen LogP contribution in [0.2, 0.25) is 0 Å². The Morgan fingerprint density at radius 1 is 1.06 bits per heavy atom. The highest BCUT2D eigenvalue weighted by atomic mass is 16.4. The zero-order chi connectivity index (χ0) is 13.3. The molecule has 1 aromatic carbocycles. The maximum absolute atomic E-state index is 10.9. The van der Waals surface area contributed by atoms with Crippen LogP contribution in [0.1, 0.15) is 27.2 Å². The second-order valence-corrected chi connectivity index (χ2v) is 4.43. The van der Waals surface area contributed by atoms with Crippen molar-refractivity contribution in [2.45, 2.75) is 20.8 Å². The van der Waals surface area contributed by atoms with Crippen molar-refractivity contribution in [3.63, 3.8) is 0 Å². The average Bonchev–Trinajstić information content (AvgIpc) is 2.32. The van der Waals surface area contributed by atoms with Gasteiger partial charge in [-0.15, -0.1) is 0 Å². The van der Waals surface area contributed by atoms with Gasteiger partial charge in [-0.2, -0.15) is 0 Å². The first-order chi connectivity index (χ1) is 8.49. The van der Waals surface area contributed by atoms with E-state index in [4.69, 9.17) is 5.11 Å². The molecule has 1 N–H and O–H groups in total. The fourth-order valence-electron chi connectivity index (χ4n) is 1.85. The molecular formula is C15H15NO2. The summed E-state index contributed by atoms with van der Waals surface area (Å²) in [7, 11) is 0. The van der Waals surface area contributed by atoms with Gasteiger partial charge >= 0.3 is 5.97 Å². The number of aryl methyl sites for hydroxylation is 3. The lowest BCUT2D eigenvalue weighted by molar-refractivity contribution is 0.0695. The van der Waals surface area contributed by atoms with Crippen molar-refractivity contribution in [1.82, 2.24) is 4.98 Å². The van der Waals surface area contributed by atoms with E-state index in [1.54, 1.807) is 19.1 Å². The Kier molecular flexibility index (Phi) is 3.15. The molecular weight excluding hydrogens is 226 g/mol. The molecule has 0 aliphatic rings. The highest BCUT2D eigenvalue weighted by Gasteiger charge is 2.09. The molecule has 0 saturated heterocycles. The molecule has 0 unspecified atom stereocenters. The number of benzene rings is 1. The minimum Gasteiger partial charge on any atom is -0.478 e. The molecule has 3 heteroatoms. The van der Waals surface area contributed by atoms with Gasteiger partial charge in [-0.25, -0.2) is 4.79 Å². The lowest BCUT2D eigenvalue weighted by Crippen LogP contribution is -2.02. The largest absolute Gasteiger partial charge is 0.478 e. The van der Waals surface area contributed by atoms with Gasteiger partial charge in [-0.1, -0.05) is 12.1 Å². The third kappa shape index (κ3) is 2.25. The maximum Gasteiger partial charge on any atom is 0.337 e. The zero-order valence-corrected chi connectivity index (χ0v) is 10.7. The van der Waals surface area contributed by atoms with E-state index in [-0.39, 0.29) is 5.56 Å². The third-order valence-corrected chi connectivity index (χ3v) is 3.12. The Morgan fingerprint density at radius 3 is 2.33 bits per heavy atom. The highest BCUT2D eigenvalue weighted by molar-refractivity contribution is 5.89. The number of hydrogen-bond donors (Lipinski definition) is 1. The van der Waals surface area contributed by atoms with E-state index in [1.165, 1.54) is 11.1 Å². The van der Waals surface area contributed by atoms with E-state index in [2.05, 4.69) is 24.9 Å². The fraction of sp³-hybridized carbons (Fsp3) is 0.200. The predicted molar refractivity (Wildman–Crippen MR) is 70.8 cm³/mol. The van der Waals surface area contributed by atoms with Crippen LogP contribution < -0.4 is 0 Å². The van der Waals surface area contributed by atoms with Crippen LogP contribution in [-0.2, 0) is 0 Å². The molecule has 0 radical (unpaired) electrons. The van der Waals surface area contributed by atoms with Gasteiger partial charge in [0.05, 0.1) is 17.0 Å². The number of nitrogens with zero attached hydrogens (tertiary/aromatic N) is 1. The summed E-state index contributed by atoms with van der Waals surface area (Å²) in [6.45, 7) is 5.83. The molecule has 0 amide bonds. The molecule has 92 valence electrons. The van der Waals surface area contributed by atoms with Gasteiger partial charge < -0.3 is 5.11 Å². The van der Waals surface area contributed by atoms with Gasteiger partial charge in [-0.05, 0) is 50.1 Å². The molecule has 2 aromatic rings. The zero-order valence-electron chi connectivity index (χ0n) is 10.7. The Labute approximate surface area is 106 Å². The topological polar surface area (TPSA) is 50.2 Å². The first-order valence-corrected chi connectivity index (χ1v) is 5.77. The van der Waals surface area contributed by atoms with Gasteiger partial charge in [-0.3, -0.25) is 4.98 Å². The van der Waals surface area contributed by atoms with Crippen LogP contribution in [0.4, 0.5) is 0 Å². The molecule has 3 nitrogen and oxygen atoms in total. The SMILES string of the molecule is Cc1ccc(-c2ccc(C(=O)O)c(C)n2)cc1C. The molecule has 0 spiro atoms. The number of hydrogen-bond acceptors (Lipinski definition) is 2. The summed E-state index contributed by atoms with van der Waals surface area (Å²) < 4.78 is 0. The summed E-state index contributed by atoms with van der Waals surface area (Å²) >= 11 is 0. The van der Waals surface area contributed by atoms with Gasteiger partial charge in [0.15, 0.2) is 0 Å². The third-order valence-electron chi connectivity index (χ3n) is 3.12. The lowest BCUT2D eigenvalue weighted by Gasteiger charge is -2.07.